The van der Waals surface area contributed by atoms with E-state index in [2.05, 4.69) is 19.2 Å². The van der Waals surface area contributed by atoms with Crippen molar-refractivity contribution in [3.8, 4) is 0 Å². The summed E-state index contributed by atoms with van der Waals surface area (Å²) in [5.41, 5.74) is 0. The second-order valence-corrected chi connectivity index (χ2v) is 4.91. The Bertz CT molecular complexity index is 175. The first-order valence-electron chi connectivity index (χ1n) is 6.61. The van der Waals surface area contributed by atoms with Crippen molar-refractivity contribution in [3.63, 3.8) is 0 Å². The summed E-state index contributed by atoms with van der Waals surface area (Å²) in [7, 11) is 1.74. The van der Waals surface area contributed by atoms with Crippen LogP contribution in [0.5, 0.6) is 0 Å². The van der Waals surface area contributed by atoms with Gasteiger partial charge in [0.25, 0.3) is 0 Å². The molecule has 1 saturated carbocycles. The van der Waals surface area contributed by atoms with Gasteiger partial charge in [0.2, 0.25) is 0 Å². The topological polar surface area (TPSA) is 30.5 Å². The van der Waals surface area contributed by atoms with Crippen molar-refractivity contribution >= 4 is 0 Å². The minimum Gasteiger partial charge on any atom is -0.382 e. The number of likely N-dealkylation sites (N-methyl/N-ethyl adjacent to an activating group) is 1. The third-order valence-electron chi connectivity index (χ3n) is 3.25. The van der Waals surface area contributed by atoms with Gasteiger partial charge in [-0.25, -0.2) is 0 Å². The first-order valence-corrected chi connectivity index (χ1v) is 6.61. The Morgan fingerprint density at radius 2 is 2.19 bits per heavy atom. The maximum Gasteiger partial charge on any atom is 0.0936 e. The Hall–Kier alpha value is -0.120. The van der Waals surface area contributed by atoms with Crippen LogP contribution in [0.15, 0.2) is 0 Å². The lowest BCUT2D eigenvalue weighted by Gasteiger charge is -2.30. The average Bonchev–Trinajstić information content (AvgIpc) is 2.26. The molecule has 3 heteroatoms. The Morgan fingerprint density at radius 3 is 2.81 bits per heavy atom. The molecule has 0 aromatic carbocycles. The largest absolute Gasteiger partial charge is 0.382 e. The molecule has 1 aliphatic carbocycles. The molecule has 3 nitrogen and oxygen atoms in total. The first-order chi connectivity index (χ1) is 7.76. The van der Waals surface area contributed by atoms with E-state index in [0.717, 1.165) is 19.0 Å². The van der Waals surface area contributed by atoms with Crippen LogP contribution >= 0.6 is 0 Å². The van der Waals surface area contributed by atoms with Gasteiger partial charge in [-0.15, -0.1) is 0 Å². The molecule has 0 spiro atoms. The van der Waals surface area contributed by atoms with Gasteiger partial charge in [0.1, 0.15) is 0 Å². The SMILES string of the molecule is CCNCC(COC)OC1CCCC(C)C1. The molecule has 0 aromatic heterocycles. The fraction of sp³-hybridized carbons (Fsp3) is 1.00. The molecular weight excluding hydrogens is 202 g/mol. The molecule has 1 fully saturated rings. The van der Waals surface area contributed by atoms with Crippen molar-refractivity contribution in [1.29, 1.82) is 0 Å². The molecule has 3 atom stereocenters. The molecule has 0 aliphatic heterocycles. The van der Waals surface area contributed by atoms with Gasteiger partial charge in [0, 0.05) is 13.7 Å². The minimum absolute atomic E-state index is 0.209. The van der Waals surface area contributed by atoms with E-state index in [-0.39, 0.29) is 6.10 Å². The maximum atomic E-state index is 6.12. The van der Waals surface area contributed by atoms with Gasteiger partial charge < -0.3 is 14.8 Å². The predicted molar refractivity (Wildman–Crippen MR) is 66.7 cm³/mol. The summed E-state index contributed by atoms with van der Waals surface area (Å²) in [6, 6.07) is 0. The average molecular weight is 229 g/mol. The van der Waals surface area contributed by atoms with Crippen LogP contribution in [0.25, 0.3) is 0 Å². The van der Waals surface area contributed by atoms with E-state index in [1.165, 1.54) is 25.7 Å². The van der Waals surface area contributed by atoms with Crippen LogP contribution in [0.1, 0.15) is 39.5 Å². The molecule has 16 heavy (non-hydrogen) atoms. The van der Waals surface area contributed by atoms with Crippen molar-refractivity contribution in [3.05, 3.63) is 0 Å². The van der Waals surface area contributed by atoms with E-state index in [4.69, 9.17) is 9.47 Å². The molecule has 0 bridgehead atoms. The molecule has 0 amide bonds. The zero-order valence-corrected chi connectivity index (χ0v) is 11.0. The van der Waals surface area contributed by atoms with E-state index < -0.39 is 0 Å². The van der Waals surface area contributed by atoms with Crippen molar-refractivity contribution in [1.82, 2.24) is 5.32 Å². The van der Waals surface area contributed by atoms with Crippen molar-refractivity contribution in [2.24, 2.45) is 5.92 Å². The van der Waals surface area contributed by atoms with Crippen LogP contribution in [0.4, 0.5) is 0 Å². The summed E-state index contributed by atoms with van der Waals surface area (Å²) >= 11 is 0. The quantitative estimate of drug-likeness (QED) is 0.726. The molecule has 96 valence electrons. The summed E-state index contributed by atoms with van der Waals surface area (Å²) in [4.78, 5) is 0. The molecule has 0 saturated heterocycles. The Kier molecular flexibility index (Phi) is 7.01. The monoisotopic (exact) mass is 229 g/mol. The fourth-order valence-corrected chi connectivity index (χ4v) is 2.41. The summed E-state index contributed by atoms with van der Waals surface area (Å²) in [5.74, 6) is 0.820. The third kappa shape index (κ3) is 5.28. The molecular formula is C13H27NO2. The zero-order valence-electron chi connectivity index (χ0n) is 11.0. The van der Waals surface area contributed by atoms with Crippen molar-refractivity contribution < 1.29 is 9.47 Å². The molecule has 1 N–H and O–H groups in total. The first kappa shape index (κ1) is 13.9. The molecule has 0 heterocycles. The highest BCUT2D eigenvalue weighted by Crippen LogP contribution is 2.26. The third-order valence-corrected chi connectivity index (χ3v) is 3.25. The van der Waals surface area contributed by atoms with Gasteiger partial charge in [-0.3, -0.25) is 0 Å². The standard InChI is InChI=1S/C13H27NO2/c1-4-14-9-13(10-15-3)16-12-7-5-6-11(2)8-12/h11-14H,4-10H2,1-3H3. The van der Waals surface area contributed by atoms with E-state index in [1.54, 1.807) is 7.11 Å². The number of hydrogen-bond donors (Lipinski definition) is 1. The Morgan fingerprint density at radius 1 is 1.38 bits per heavy atom. The van der Waals surface area contributed by atoms with Crippen LogP contribution in [0.3, 0.4) is 0 Å². The lowest BCUT2D eigenvalue weighted by Crippen LogP contribution is -2.37. The molecule has 1 rings (SSSR count). The highest BCUT2D eigenvalue weighted by Gasteiger charge is 2.22. The number of nitrogens with one attached hydrogen (secondary N) is 1. The Balaban J connectivity index is 2.28. The minimum atomic E-state index is 0.209. The van der Waals surface area contributed by atoms with E-state index >= 15 is 0 Å². The molecule has 1 aliphatic rings. The van der Waals surface area contributed by atoms with Crippen LogP contribution < -0.4 is 5.32 Å². The fourth-order valence-electron chi connectivity index (χ4n) is 2.41. The van der Waals surface area contributed by atoms with Crippen LogP contribution in [-0.2, 0) is 9.47 Å². The summed E-state index contributed by atoms with van der Waals surface area (Å²) in [5, 5.41) is 3.33. The van der Waals surface area contributed by atoms with Gasteiger partial charge in [-0.05, 0) is 25.3 Å². The maximum absolute atomic E-state index is 6.12. The van der Waals surface area contributed by atoms with E-state index in [0.29, 0.717) is 12.7 Å². The molecule has 0 aromatic rings. The van der Waals surface area contributed by atoms with Gasteiger partial charge in [-0.1, -0.05) is 26.7 Å². The zero-order chi connectivity index (χ0) is 11.8. The highest BCUT2D eigenvalue weighted by molar-refractivity contribution is 4.73. The number of rotatable bonds is 7. The van der Waals surface area contributed by atoms with Gasteiger partial charge >= 0.3 is 0 Å². The number of ether oxygens (including phenoxy) is 2. The van der Waals surface area contributed by atoms with Gasteiger partial charge in [0.05, 0.1) is 18.8 Å². The lowest BCUT2D eigenvalue weighted by molar-refractivity contribution is -0.0656. The summed E-state index contributed by atoms with van der Waals surface area (Å²) in [6.45, 7) is 7.02. The summed E-state index contributed by atoms with van der Waals surface area (Å²) in [6.07, 6.45) is 5.76. The number of methoxy groups -OCH3 is 1. The van der Waals surface area contributed by atoms with Gasteiger partial charge in [-0.2, -0.15) is 0 Å². The van der Waals surface area contributed by atoms with Crippen LogP contribution in [0, 0.1) is 5.92 Å². The van der Waals surface area contributed by atoms with E-state index in [1.807, 2.05) is 0 Å². The Labute approximate surface area is 99.9 Å². The highest BCUT2D eigenvalue weighted by atomic mass is 16.5. The second-order valence-electron chi connectivity index (χ2n) is 4.91. The molecule has 0 radical (unpaired) electrons. The number of hydrogen-bond acceptors (Lipinski definition) is 3. The van der Waals surface area contributed by atoms with Crippen molar-refractivity contribution in [2.75, 3.05) is 26.8 Å². The second kappa shape index (κ2) is 8.04. The van der Waals surface area contributed by atoms with Gasteiger partial charge in [0.15, 0.2) is 0 Å². The normalized spacial score (nSPS) is 27.9. The van der Waals surface area contributed by atoms with Crippen LogP contribution in [-0.4, -0.2) is 39.0 Å². The van der Waals surface area contributed by atoms with Crippen molar-refractivity contribution in [2.45, 2.75) is 51.7 Å². The van der Waals surface area contributed by atoms with E-state index in [9.17, 15) is 0 Å². The predicted octanol–water partition coefficient (Wildman–Crippen LogP) is 2.21. The lowest BCUT2D eigenvalue weighted by atomic mass is 9.88. The summed E-state index contributed by atoms with van der Waals surface area (Å²) < 4.78 is 11.3. The van der Waals surface area contributed by atoms with Crippen LogP contribution in [0.2, 0.25) is 0 Å². The molecule has 3 unspecified atom stereocenters. The smallest absolute Gasteiger partial charge is 0.0936 e.